The number of rotatable bonds is 4. The lowest BCUT2D eigenvalue weighted by molar-refractivity contribution is -0.111. The van der Waals surface area contributed by atoms with Gasteiger partial charge in [-0.05, 0) is 48.9 Å². The Morgan fingerprint density at radius 2 is 2.05 bits per heavy atom. The molecule has 1 N–H and O–H groups in total. The van der Waals surface area contributed by atoms with Gasteiger partial charge in [-0.1, -0.05) is 0 Å². The number of benzene rings is 1. The Morgan fingerprint density at radius 1 is 1.29 bits per heavy atom. The van der Waals surface area contributed by atoms with Gasteiger partial charge in [-0.25, -0.2) is 8.42 Å². The van der Waals surface area contributed by atoms with Gasteiger partial charge in [-0.2, -0.15) is 0 Å². The summed E-state index contributed by atoms with van der Waals surface area (Å²) in [7, 11) is -3.25. The highest BCUT2D eigenvalue weighted by atomic mass is 32.2. The average molecular weight is 305 g/mol. The Balaban J connectivity index is 2.11. The van der Waals surface area contributed by atoms with E-state index in [0.29, 0.717) is 17.0 Å². The van der Waals surface area contributed by atoms with Crippen LogP contribution in [0.3, 0.4) is 0 Å². The lowest BCUT2D eigenvalue weighted by atomic mass is 10.2. The molecule has 0 radical (unpaired) electrons. The van der Waals surface area contributed by atoms with Crippen molar-refractivity contribution in [3.8, 4) is 0 Å². The van der Waals surface area contributed by atoms with E-state index >= 15 is 0 Å². The maximum atomic E-state index is 11.8. The Kier molecular flexibility index (Phi) is 4.28. The van der Waals surface area contributed by atoms with E-state index in [2.05, 4.69) is 5.32 Å². The van der Waals surface area contributed by atoms with Gasteiger partial charge >= 0.3 is 0 Å². The van der Waals surface area contributed by atoms with Crippen molar-refractivity contribution in [3.63, 3.8) is 0 Å². The van der Waals surface area contributed by atoms with Crippen LogP contribution in [-0.4, -0.2) is 20.6 Å². The molecule has 0 unspecified atom stereocenters. The molecule has 1 amide bonds. The van der Waals surface area contributed by atoms with E-state index < -0.39 is 9.84 Å². The molecule has 0 aliphatic rings. The van der Waals surface area contributed by atoms with Crippen molar-refractivity contribution in [1.29, 1.82) is 0 Å². The molecule has 0 fully saturated rings. The van der Waals surface area contributed by atoms with Crippen molar-refractivity contribution in [3.05, 3.63) is 54.0 Å². The number of hydrogen-bond donors (Lipinski definition) is 1. The van der Waals surface area contributed by atoms with Crippen LogP contribution in [0.1, 0.15) is 11.3 Å². The third-order valence-electron chi connectivity index (χ3n) is 2.83. The zero-order valence-electron chi connectivity index (χ0n) is 11.7. The topological polar surface area (TPSA) is 76.4 Å². The monoisotopic (exact) mass is 305 g/mol. The largest absolute Gasteiger partial charge is 0.465 e. The van der Waals surface area contributed by atoms with E-state index in [-0.39, 0.29) is 10.8 Å². The molecular weight excluding hydrogens is 290 g/mol. The smallest absolute Gasteiger partial charge is 0.248 e. The standard InChI is InChI=1S/C15H15NO4S/c1-11-10-13(21(2,18)19)6-7-14(11)16-15(17)8-5-12-4-3-9-20-12/h3-10H,1-2H3,(H,16,17)/b8-5+. The predicted octanol–water partition coefficient (Wildman–Crippen LogP) is 2.64. The maximum absolute atomic E-state index is 11.8. The number of aryl methyl sites for hydroxylation is 1. The average Bonchev–Trinajstić information content (AvgIpc) is 2.91. The van der Waals surface area contributed by atoms with Crippen molar-refractivity contribution >= 4 is 27.5 Å². The first-order chi connectivity index (χ1) is 9.86. The summed E-state index contributed by atoms with van der Waals surface area (Å²) in [5, 5.41) is 2.69. The van der Waals surface area contributed by atoms with Gasteiger partial charge < -0.3 is 9.73 Å². The first-order valence-corrected chi connectivity index (χ1v) is 8.09. The van der Waals surface area contributed by atoms with Crippen molar-refractivity contribution in [2.75, 3.05) is 11.6 Å². The number of furan rings is 1. The summed E-state index contributed by atoms with van der Waals surface area (Å²) in [6, 6.07) is 8.03. The third-order valence-corrected chi connectivity index (χ3v) is 3.94. The molecule has 0 atom stereocenters. The van der Waals surface area contributed by atoms with E-state index in [1.54, 1.807) is 31.2 Å². The van der Waals surface area contributed by atoms with Crippen molar-refractivity contribution in [2.45, 2.75) is 11.8 Å². The van der Waals surface area contributed by atoms with Gasteiger partial charge in [0.2, 0.25) is 5.91 Å². The lowest BCUT2D eigenvalue weighted by Gasteiger charge is -2.08. The summed E-state index contributed by atoms with van der Waals surface area (Å²) in [6.45, 7) is 1.74. The summed E-state index contributed by atoms with van der Waals surface area (Å²) in [5.41, 5.74) is 1.24. The second kappa shape index (κ2) is 5.97. The highest BCUT2D eigenvalue weighted by Crippen LogP contribution is 2.19. The summed E-state index contributed by atoms with van der Waals surface area (Å²) < 4.78 is 28.0. The molecule has 0 saturated heterocycles. The number of carbonyl (C=O) groups excluding carboxylic acids is 1. The van der Waals surface area contributed by atoms with E-state index in [4.69, 9.17) is 4.42 Å². The normalized spacial score (nSPS) is 11.7. The van der Waals surface area contributed by atoms with Gasteiger partial charge in [0.05, 0.1) is 11.2 Å². The predicted molar refractivity (Wildman–Crippen MR) is 80.7 cm³/mol. The minimum absolute atomic E-state index is 0.226. The highest BCUT2D eigenvalue weighted by molar-refractivity contribution is 7.90. The second-order valence-corrected chi connectivity index (χ2v) is 6.60. The molecule has 2 rings (SSSR count). The molecule has 0 aliphatic carbocycles. The van der Waals surface area contributed by atoms with Crippen molar-refractivity contribution in [2.24, 2.45) is 0 Å². The Morgan fingerprint density at radius 3 is 2.62 bits per heavy atom. The van der Waals surface area contributed by atoms with E-state index in [1.807, 2.05) is 0 Å². The van der Waals surface area contributed by atoms with Crippen LogP contribution in [0.4, 0.5) is 5.69 Å². The van der Waals surface area contributed by atoms with Crippen LogP contribution in [0.2, 0.25) is 0 Å². The number of hydrogen-bond acceptors (Lipinski definition) is 4. The van der Waals surface area contributed by atoms with Gasteiger partial charge in [0, 0.05) is 18.0 Å². The second-order valence-electron chi connectivity index (χ2n) is 4.59. The fourth-order valence-electron chi connectivity index (χ4n) is 1.73. The molecular formula is C15H15NO4S. The first-order valence-electron chi connectivity index (χ1n) is 6.19. The van der Waals surface area contributed by atoms with Crippen LogP contribution in [-0.2, 0) is 14.6 Å². The lowest BCUT2D eigenvalue weighted by Crippen LogP contribution is -2.09. The Bertz CT molecular complexity index is 774. The Hall–Kier alpha value is -2.34. The molecule has 1 aromatic carbocycles. The van der Waals surface area contributed by atoms with Gasteiger partial charge in [-0.15, -0.1) is 0 Å². The summed E-state index contributed by atoms with van der Waals surface area (Å²) in [6.07, 6.45) is 5.57. The summed E-state index contributed by atoms with van der Waals surface area (Å²) in [5.74, 6) is 0.260. The van der Waals surface area contributed by atoms with Crippen LogP contribution in [0.25, 0.3) is 6.08 Å². The van der Waals surface area contributed by atoms with Crippen molar-refractivity contribution < 1.29 is 17.6 Å². The number of carbonyl (C=O) groups is 1. The fourth-order valence-corrected chi connectivity index (χ4v) is 2.43. The molecule has 6 heteroatoms. The van der Waals surface area contributed by atoms with E-state index in [9.17, 15) is 13.2 Å². The van der Waals surface area contributed by atoms with Gasteiger partial charge in [0.25, 0.3) is 0 Å². The molecule has 0 spiro atoms. The molecule has 0 bridgehead atoms. The molecule has 21 heavy (non-hydrogen) atoms. The minimum Gasteiger partial charge on any atom is -0.465 e. The fraction of sp³-hybridized carbons (Fsp3) is 0.133. The quantitative estimate of drug-likeness (QED) is 0.881. The van der Waals surface area contributed by atoms with Crippen LogP contribution in [0.15, 0.2) is 52.0 Å². The van der Waals surface area contributed by atoms with Crippen LogP contribution in [0, 0.1) is 6.92 Å². The van der Waals surface area contributed by atoms with Gasteiger partial charge in [-0.3, -0.25) is 4.79 Å². The molecule has 1 aromatic heterocycles. The molecule has 110 valence electrons. The maximum Gasteiger partial charge on any atom is 0.248 e. The summed E-state index contributed by atoms with van der Waals surface area (Å²) in [4.78, 5) is 12.0. The Labute approximate surface area is 123 Å². The molecule has 2 aromatic rings. The number of anilines is 1. The number of sulfone groups is 1. The van der Waals surface area contributed by atoms with Crippen LogP contribution < -0.4 is 5.32 Å². The number of nitrogens with one attached hydrogen (secondary N) is 1. The third kappa shape index (κ3) is 4.06. The molecule has 5 nitrogen and oxygen atoms in total. The van der Waals surface area contributed by atoms with Gasteiger partial charge in [0.1, 0.15) is 5.76 Å². The number of amides is 1. The van der Waals surface area contributed by atoms with Crippen LogP contribution in [0.5, 0.6) is 0 Å². The highest BCUT2D eigenvalue weighted by Gasteiger charge is 2.09. The van der Waals surface area contributed by atoms with Crippen LogP contribution >= 0.6 is 0 Å². The SMILES string of the molecule is Cc1cc(S(C)(=O)=O)ccc1NC(=O)/C=C/c1ccco1. The zero-order chi connectivity index (χ0) is 15.5. The van der Waals surface area contributed by atoms with E-state index in [0.717, 1.165) is 6.26 Å². The minimum atomic E-state index is -3.25. The summed E-state index contributed by atoms with van der Waals surface area (Å²) >= 11 is 0. The molecule has 0 aliphatic heterocycles. The molecule has 1 heterocycles. The van der Waals surface area contributed by atoms with Crippen molar-refractivity contribution in [1.82, 2.24) is 0 Å². The molecule has 0 saturated carbocycles. The van der Waals surface area contributed by atoms with E-state index in [1.165, 1.54) is 24.5 Å². The van der Waals surface area contributed by atoms with Gasteiger partial charge in [0.15, 0.2) is 9.84 Å². The first kappa shape index (κ1) is 15.1. The zero-order valence-corrected chi connectivity index (χ0v) is 12.5.